The second kappa shape index (κ2) is 7.43. The number of carbonyl (C=O) groups excluding carboxylic acids is 1. The molecule has 0 spiro atoms. The smallest absolute Gasteiger partial charge is 0.294 e. The second-order valence-corrected chi connectivity index (χ2v) is 6.49. The number of para-hydroxylation sites is 2. The summed E-state index contributed by atoms with van der Waals surface area (Å²) in [4.78, 5) is 35.8. The molecule has 1 aromatic heterocycles. The first-order valence-corrected chi connectivity index (χ1v) is 8.50. The maximum Gasteiger partial charge on any atom is 0.294 e. The zero-order chi connectivity index (χ0) is 20.4. The number of hydrogen-bond acceptors (Lipinski definition) is 5. The molecule has 8 nitrogen and oxygen atoms in total. The summed E-state index contributed by atoms with van der Waals surface area (Å²) in [6.07, 6.45) is 0. The SMILES string of the molecule is Cc1cc(C)cc(NC(=O)c2nn(-c3ccccc3[N+](=O)[O-])c(C)cc2=O)c1. The molecule has 3 rings (SSSR count). The molecule has 1 N–H and O–H groups in total. The Kier molecular flexibility index (Phi) is 5.04. The lowest BCUT2D eigenvalue weighted by molar-refractivity contribution is -0.384. The fourth-order valence-electron chi connectivity index (χ4n) is 2.98. The first-order valence-electron chi connectivity index (χ1n) is 8.50. The lowest BCUT2D eigenvalue weighted by Crippen LogP contribution is -2.27. The summed E-state index contributed by atoms with van der Waals surface area (Å²) < 4.78 is 1.23. The van der Waals surface area contributed by atoms with E-state index in [9.17, 15) is 19.7 Å². The van der Waals surface area contributed by atoms with Gasteiger partial charge in [0.2, 0.25) is 5.43 Å². The molecule has 1 heterocycles. The van der Waals surface area contributed by atoms with E-state index >= 15 is 0 Å². The molecule has 28 heavy (non-hydrogen) atoms. The van der Waals surface area contributed by atoms with Gasteiger partial charge in [-0.1, -0.05) is 18.2 Å². The molecule has 1 amide bonds. The van der Waals surface area contributed by atoms with Crippen LogP contribution in [0, 0.1) is 30.9 Å². The van der Waals surface area contributed by atoms with Gasteiger partial charge in [-0.2, -0.15) is 5.10 Å². The lowest BCUT2D eigenvalue weighted by Gasteiger charge is -2.12. The van der Waals surface area contributed by atoms with Crippen molar-refractivity contribution in [2.75, 3.05) is 5.32 Å². The van der Waals surface area contributed by atoms with Gasteiger partial charge in [-0.15, -0.1) is 0 Å². The van der Waals surface area contributed by atoms with Crippen LogP contribution in [0.1, 0.15) is 27.3 Å². The van der Waals surface area contributed by atoms with Crippen molar-refractivity contribution < 1.29 is 9.72 Å². The van der Waals surface area contributed by atoms with Crippen LogP contribution < -0.4 is 10.7 Å². The highest BCUT2D eigenvalue weighted by Gasteiger charge is 2.20. The number of amides is 1. The zero-order valence-electron chi connectivity index (χ0n) is 15.6. The fourth-order valence-corrected chi connectivity index (χ4v) is 2.98. The van der Waals surface area contributed by atoms with Gasteiger partial charge in [0.05, 0.1) is 4.92 Å². The standard InChI is InChI=1S/C20H18N4O4/c1-12-8-13(2)10-15(9-12)21-20(26)19-18(25)11-14(3)23(22-19)16-6-4-5-7-17(16)24(27)28/h4-11H,1-3H3,(H,21,26). The predicted molar refractivity (Wildman–Crippen MR) is 105 cm³/mol. The third kappa shape index (κ3) is 3.80. The first-order chi connectivity index (χ1) is 13.3. The maximum atomic E-state index is 12.7. The normalized spacial score (nSPS) is 10.5. The van der Waals surface area contributed by atoms with Crippen LogP contribution >= 0.6 is 0 Å². The first kappa shape index (κ1) is 19.0. The molecule has 142 valence electrons. The molecule has 3 aromatic rings. The largest absolute Gasteiger partial charge is 0.320 e. The molecular formula is C20H18N4O4. The summed E-state index contributed by atoms with van der Waals surface area (Å²) in [6, 6.07) is 12.8. The molecular weight excluding hydrogens is 360 g/mol. The van der Waals surface area contributed by atoms with Crippen molar-refractivity contribution in [3.63, 3.8) is 0 Å². The molecule has 0 atom stereocenters. The summed E-state index contributed by atoms with van der Waals surface area (Å²) in [5.41, 5.74) is 1.93. The average Bonchev–Trinajstić information content (AvgIpc) is 2.60. The Labute approximate surface area is 160 Å². The molecule has 0 aliphatic carbocycles. The second-order valence-electron chi connectivity index (χ2n) is 6.49. The highest BCUT2D eigenvalue weighted by Crippen LogP contribution is 2.22. The summed E-state index contributed by atoms with van der Waals surface area (Å²) in [5.74, 6) is -0.678. The number of aryl methyl sites for hydroxylation is 3. The molecule has 0 unspecified atom stereocenters. The molecule has 0 saturated carbocycles. The molecule has 0 aliphatic heterocycles. The third-order valence-corrected chi connectivity index (χ3v) is 4.11. The van der Waals surface area contributed by atoms with E-state index in [0.29, 0.717) is 11.4 Å². The molecule has 0 fully saturated rings. The van der Waals surface area contributed by atoms with Crippen LogP contribution in [0.2, 0.25) is 0 Å². The Morgan fingerprint density at radius 1 is 1.07 bits per heavy atom. The van der Waals surface area contributed by atoms with Gasteiger partial charge in [-0.3, -0.25) is 19.7 Å². The van der Waals surface area contributed by atoms with Gasteiger partial charge in [-0.05, 0) is 50.1 Å². The van der Waals surface area contributed by atoms with Crippen molar-refractivity contribution in [3.05, 3.63) is 91.4 Å². The summed E-state index contributed by atoms with van der Waals surface area (Å²) in [5, 5.41) is 18.1. The third-order valence-electron chi connectivity index (χ3n) is 4.11. The number of benzene rings is 2. The van der Waals surface area contributed by atoms with Gasteiger partial charge in [0, 0.05) is 23.5 Å². The quantitative estimate of drug-likeness (QED) is 0.553. The zero-order valence-corrected chi connectivity index (χ0v) is 15.6. The van der Waals surface area contributed by atoms with E-state index < -0.39 is 16.3 Å². The summed E-state index contributed by atoms with van der Waals surface area (Å²) >= 11 is 0. The average molecular weight is 378 g/mol. The molecule has 0 aliphatic rings. The lowest BCUT2D eigenvalue weighted by atomic mass is 10.1. The van der Waals surface area contributed by atoms with E-state index in [0.717, 1.165) is 11.1 Å². The van der Waals surface area contributed by atoms with Gasteiger partial charge in [-0.25, -0.2) is 4.68 Å². The predicted octanol–water partition coefficient (Wildman–Crippen LogP) is 3.32. The van der Waals surface area contributed by atoms with E-state index in [-0.39, 0.29) is 17.1 Å². The van der Waals surface area contributed by atoms with Gasteiger partial charge < -0.3 is 5.32 Å². The van der Waals surface area contributed by atoms with Crippen LogP contribution in [0.3, 0.4) is 0 Å². The number of nitro benzene ring substituents is 1. The Bertz CT molecular complexity index is 1130. The monoisotopic (exact) mass is 378 g/mol. The molecule has 2 aromatic carbocycles. The van der Waals surface area contributed by atoms with Crippen molar-refractivity contribution in [1.29, 1.82) is 0 Å². The number of hydrogen-bond donors (Lipinski definition) is 1. The van der Waals surface area contributed by atoms with Crippen LogP contribution in [-0.2, 0) is 0 Å². The number of carbonyl (C=O) groups is 1. The van der Waals surface area contributed by atoms with Crippen molar-refractivity contribution in [1.82, 2.24) is 9.78 Å². The number of aromatic nitrogens is 2. The number of nitrogens with zero attached hydrogens (tertiary/aromatic N) is 3. The van der Waals surface area contributed by atoms with Crippen LogP contribution in [-0.4, -0.2) is 20.6 Å². The van der Waals surface area contributed by atoms with E-state index in [1.165, 1.54) is 28.9 Å². The van der Waals surface area contributed by atoms with E-state index in [2.05, 4.69) is 10.4 Å². The minimum Gasteiger partial charge on any atom is -0.320 e. The number of anilines is 1. The Morgan fingerprint density at radius 2 is 1.71 bits per heavy atom. The Hall–Kier alpha value is -3.81. The van der Waals surface area contributed by atoms with Gasteiger partial charge in [0.25, 0.3) is 11.6 Å². The van der Waals surface area contributed by atoms with Crippen molar-refractivity contribution in [2.45, 2.75) is 20.8 Å². The molecule has 0 bridgehead atoms. The highest BCUT2D eigenvalue weighted by atomic mass is 16.6. The number of rotatable bonds is 4. The van der Waals surface area contributed by atoms with Gasteiger partial charge >= 0.3 is 0 Å². The molecule has 0 radical (unpaired) electrons. The van der Waals surface area contributed by atoms with Crippen LogP contribution in [0.25, 0.3) is 5.69 Å². The van der Waals surface area contributed by atoms with Crippen molar-refractivity contribution in [3.8, 4) is 5.69 Å². The Balaban J connectivity index is 2.06. The number of nitro groups is 1. The topological polar surface area (TPSA) is 107 Å². The van der Waals surface area contributed by atoms with Crippen LogP contribution in [0.5, 0.6) is 0 Å². The van der Waals surface area contributed by atoms with Crippen LogP contribution in [0.4, 0.5) is 11.4 Å². The van der Waals surface area contributed by atoms with E-state index in [4.69, 9.17) is 0 Å². The maximum absolute atomic E-state index is 12.7. The molecule has 0 saturated heterocycles. The van der Waals surface area contributed by atoms with Gasteiger partial charge in [0.15, 0.2) is 5.69 Å². The van der Waals surface area contributed by atoms with Gasteiger partial charge in [0.1, 0.15) is 5.69 Å². The highest BCUT2D eigenvalue weighted by molar-refractivity contribution is 6.02. The minimum absolute atomic E-state index is 0.172. The molecule has 8 heteroatoms. The van der Waals surface area contributed by atoms with E-state index in [1.54, 1.807) is 25.1 Å². The minimum atomic E-state index is -0.678. The summed E-state index contributed by atoms with van der Waals surface area (Å²) in [6.45, 7) is 5.39. The van der Waals surface area contributed by atoms with E-state index in [1.807, 2.05) is 19.9 Å². The Morgan fingerprint density at radius 3 is 2.36 bits per heavy atom. The summed E-state index contributed by atoms with van der Waals surface area (Å²) in [7, 11) is 0. The number of nitrogens with one attached hydrogen (secondary N) is 1. The fraction of sp³-hybridized carbons (Fsp3) is 0.150. The van der Waals surface area contributed by atoms with Crippen LogP contribution in [0.15, 0.2) is 53.3 Å². The van der Waals surface area contributed by atoms with Crippen molar-refractivity contribution >= 4 is 17.3 Å². The van der Waals surface area contributed by atoms with Crippen molar-refractivity contribution in [2.24, 2.45) is 0 Å².